The van der Waals surface area contributed by atoms with Crippen LogP contribution < -0.4 is 5.73 Å². The molecule has 0 spiro atoms. The third kappa shape index (κ3) is 6.57. The minimum Gasteiger partial charge on any atom is -0.466 e. The van der Waals surface area contributed by atoms with Crippen molar-refractivity contribution in [2.45, 2.75) is 51.9 Å². The third-order valence-corrected chi connectivity index (χ3v) is 4.60. The van der Waals surface area contributed by atoms with E-state index in [1.807, 2.05) is 0 Å². The molecule has 0 unspecified atom stereocenters. The molecule has 2 N–H and O–H groups in total. The van der Waals surface area contributed by atoms with Gasteiger partial charge in [0.2, 0.25) is 0 Å². The first-order valence-electron chi connectivity index (χ1n) is 8.79. The van der Waals surface area contributed by atoms with Crippen LogP contribution in [0.2, 0.25) is 0 Å². The summed E-state index contributed by atoms with van der Waals surface area (Å²) in [4.78, 5) is 10.7. The van der Waals surface area contributed by atoms with E-state index < -0.39 is 0 Å². The van der Waals surface area contributed by atoms with Crippen molar-refractivity contribution in [2.75, 3.05) is 13.2 Å². The molecule has 2 rings (SSSR count). The minimum absolute atomic E-state index is 0.192. The molecule has 3 nitrogen and oxygen atoms in total. The molecular formula is C20H29NO2. The molecule has 0 aliphatic heterocycles. The fraction of sp³-hybridized carbons (Fsp3) is 0.550. The molecule has 0 radical (unpaired) electrons. The number of nitrogens with two attached hydrogens (primary N) is 1. The average Bonchev–Trinajstić information content (AvgIpc) is 2.56. The van der Waals surface area contributed by atoms with Crippen LogP contribution in [0.1, 0.15) is 56.6 Å². The summed E-state index contributed by atoms with van der Waals surface area (Å²) in [5.41, 5.74) is 9.96. The number of esters is 1. The predicted molar refractivity (Wildman–Crippen MR) is 95.0 cm³/mol. The van der Waals surface area contributed by atoms with Crippen molar-refractivity contribution in [3.05, 3.63) is 41.0 Å². The summed E-state index contributed by atoms with van der Waals surface area (Å²) in [6.45, 7) is 2.82. The minimum atomic E-state index is -0.192. The number of hydrogen-bond donors (Lipinski definition) is 1. The third-order valence-electron chi connectivity index (χ3n) is 4.60. The van der Waals surface area contributed by atoms with E-state index >= 15 is 0 Å². The molecule has 0 heterocycles. The van der Waals surface area contributed by atoms with Gasteiger partial charge in [0.1, 0.15) is 0 Å². The molecule has 1 aliphatic rings. The zero-order valence-electron chi connectivity index (χ0n) is 14.2. The SMILES string of the molecule is CC(=O)OCCCCc1ccc(C=C2CCC(CN)CC2)cc1. The van der Waals surface area contributed by atoms with E-state index in [-0.39, 0.29) is 5.97 Å². The first-order valence-corrected chi connectivity index (χ1v) is 8.79. The number of carbonyl (C=O) groups excluding carboxylic acids is 1. The molecule has 1 fully saturated rings. The summed E-state index contributed by atoms with van der Waals surface area (Å²) in [5.74, 6) is 0.532. The lowest BCUT2D eigenvalue weighted by molar-refractivity contribution is -0.141. The molecule has 0 aromatic heterocycles. The molecule has 0 atom stereocenters. The number of allylic oxidation sites excluding steroid dienone is 1. The van der Waals surface area contributed by atoms with Crippen LogP contribution in [-0.2, 0) is 16.0 Å². The molecule has 1 aliphatic carbocycles. The fourth-order valence-electron chi connectivity index (χ4n) is 3.09. The number of rotatable bonds is 7. The smallest absolute Gasteiger partial charge is 0.302 e. The van der Waals surface area contributed by atoms with Crippen molar-refractivity contribution in [3.8, 4) is 0 Å². The Balaban J connectivity index is 1.75. The molecule has 0 saturated heterocycles. The standard InChI is InChI=1S/C20H29NO2/c1-16(22)23-13-3-2-4-17-5-7-18(8-6-17)14-19-9-11-20(15-21)12-10-19/h5-8,14,20H,2-4,9-13,15,21H2,1H3. The largest absolute Gasteiger partial charge is 0.466 e. The summed E-state index contributed by atoms with van der Waals surface area (Å²) in [7, 11) is 0. The highest BCUT2D eigenvalue weighted by Gasteiger charge is 2.14. The van der Waals surface area contributed by atoms with Gasteiger partial charge in [-0.05, 0) is 68.5 Å². The molecule has 126 valence electrons. The second-order valence-corrected chi connectivity index (χ2v) is 6.52. The van der Waals surface area contributed by atoms with Crippen LogP contribution in [0.3, 0.4) is 0 Å². The monoisotopic (exact) mass is 315 g/mol. The second kappa shape index (κ2) is 9.51. The van der Waals surface area contributed by atoms with E-state index in [4.69, 9.17) is 10.5 Å². The van der Waals surface area contributed by atoms with E-state index in [1.54, 1.807) is 5.57 Å². The van der Waals surface area contributed by atoms with Crippen molar-refractivity contribution < 1.29 is 9.53 Å². The summed E-state index contributed by atoms with van der Waals surface area (Å²) >= 11 is 0. The molecular weight excluding hydrogens is 286 g/mol. The van der Waals surface area contributed by atoms with Crippen LogP contribution >= 0.6 is 0 Å². The Morgan fingerprint density at radius 1 is 1.22 bits per heavy atom. The summed E-state index contributed by atoms with van der Waals surface area (Å²) in [5, 5.41) is 0. The van der Waals surface area contributed by atoms with Crippen molar-refractivity contribution in [3.63, 3.8) is 0 Å². The molecule has 0 bridgehead atoms. The van der Waals surface area contributed by atoms with Gasteiger partial charge in [-0.1, -0.05) is 35.9 Å². The second-order valence-electron chi connectivity index (χ2n) is 6.52. The average molecular weight is 315 g/mol. The zero-order chi connectivity index (χ0) is 16.5. The Labute approximate surface area is 139 Å². The van der Waals surface area contributed by atoms with Gasteiger partial charge in [0, 0.05) is 6.92 Å². The van der Waals surface area contributed by atoms with Crippen LogP contribution in [-0.4, -0.2) is 19.1 Å². The van der Waals surface area contributed by atoms with E-state index in [2.05, 4.69) is 30.3 Å². The first kappa shape index (κ1) is 17.7. The van der Waals surface area contributed by atoms with Crippen LogP contribution in [0.15, 0.2) is 29.8 Å². The van der Waals surface area contributed by atoms with E-state index in [1.165, 1.54) is 43.7 Å². The van der Waals surface area contributed by atoms with E-state index in [9.17, 15) is 4.79 Å². The van der Waals surface area contributed by atoms with Gasteiger partial charge in [-0.3, -0.25) is 4.79 Å². The molecule has 1 saturated carbocycles. The maximum absolute atomic E-state index is 10.7. The van der Waals surface area contributed by atoms with Gasteiger partial charge in [-0.2, -0.15) is 0 Å². The molecule has 1 aromatic carbocycles. The van der Waals surface area contributed by atoms with Crippen molar-refractivity contribution >= 4 is 12.0 Å². The van der Waals surface area contributed by atoms with Crippen molar-refractivity contribution in [1.82, 2.24) is 0 Å². The normalized spacial score (nSPS) is 17.8. The van der Waals surface area contributed by atoms with Gasteiger partial charge in [-0.25, -0.2) is 0 Å². The van der Waals surface area contributed by atoms with Gasteiger partial charge < -0.3 is 10.5 Å². The van der Waals surface area contributed by atoms with Crippen molar-refractivity contribution in [2.24, 2.45) is 11.7 Å². The van der Waals surface area contributed by atoms with Gasteiger partial charge in [-0.15, -0.1) is 0 Å². The highest BCUT2D eigenvalue weighted by atomic mass is 16.5. The lowest BCUT2D eigenvalue weighted by Gasteiger charge is -2.22. The lowest BCUT2D eigenvalue weighted by Crippen LogP contribution is -2.17. The number of benzene rings is 1. The Hall–Kier alpha value is -1.61. The van der Waals surface area contributed by atoms with Gasteiger partial charge in [0.15, 0.2) is 0 Å². The topological polar surface area (TPSA) is 52.3 Å². The van der Waals surface area contributed by atoms with Crippen LogP contribution in [0.25, 0.3) is 6.08 Å². The fourth-order valence-corrected chi connectivity index (χ4v) is 3.09. The summed E-state index contributed by atoms with van der Waals surface area (Å²) in [6, 6.07) is 8.85. The highest BCUT2D eigenvalue weighted by Crippen LogP contribution is 2.29. The highest BCUT2D eigenvalue weighted by molar-refractivity contribution is 5.65. The Morgan fingerprint density at radius 2 is 1.91 bits per heavy atom. The Kier molecular flexibility index (Phi) is 7.34. The Bertz CT molecular complexity index is 509. The lowest BCUT2D eigenvalue weighted by atomic mass is 9.85. The van der Waals surface area contributed by atoms with E-state index in [0.29, 0.717) is 6.61 Å². The quantitative estimate of drug-likeness (QED) is 0.608. The van der Waals surface area contributed by atoms with Crippen LogP contribution in [0.4, 0.5) is 0 Å². The van der Waals surface area contributed by atoms with Gasteiger partial charge in [0.25, 0.3) is 0 Å². The number of unbranched alkanes of at least 4 members (excludes halogenated alkanes) is 1. The first-order chi connectivity index (χ1) is 11.2. The number of ether oxygens (including phenoxy) is 1. The maximum atomic E-state index is 10.7. The predicted octanol–water partition coefficient (Wildman–Crippen LogP) is 4.10. The number of aryl methyl sites for hydroxylation is 1. The van der Waals surface area contributed by atoms with Gasteiger partial charge in [0.05, 0.1) is 6.61 Å². The molecule has 0 amide bonds. The summed E-state index contributed by atoms with van der Waals surface area (Å²) < 4.78 is 4.94. The van der Waals surface area contributed by atoms with Gasteiger partial charge >= 0.3 is 5.97 Å². The number of carbonyl (C=O) groups is 1. The molecule has 3 heteroatoms. The Morgan fingerprint density at radius 3 is 2.52 bits per heavy atom. The maximum Gasteiger partial charge on any atom is 0.302 e. The van der Waals surface area contributed by atoms with Crippen molar-refractivity contribution in [1.29, 1.82) is 0 Å². The van der Waals surface area contributed by atoms with E-state index in [0.717, 1.165) is 31.7 Å². The molecule has 1 aromatic rings. The molecule has 23 heavy (non-hydrogen) atoms. The van der Waals surface area contributed by atoms with Crippen LogP contribution in [0, 0.1) is 5.92 Å². The zero-order valence-corrected chi connectivity index (χ0v) is 14.2. The summed E-state index contributed by atoms with van der Waals surface area (Å²) in [6.07, 6.45) is 10.2. The van der Waals surface area contributed by atoms with Crippen LogP contribution in [0.5, 0.6) is 0 Å². The number of hydrogen-bond acceptors (Lipinski definition) is 3.